The van der Waals surface area contributed by atoms with E-state index in [-0.39, 0.29) is 0 Å². The van der Waals surface area contributed by atoms with Gasteiger partial charge in [-0.1, -0.05) is 19.8 Å². The molecule has 0 aliphatic carbocycles. The standard InChI is InChI=1S/C10H21NO/c1-2-5-9(8-12)10-6-3-4-7-11-10/h9-12H,2-8H2,1H3. The summed E-state index contributed by atoms with van der Waals surface area (Å²) in [7, 11) is 0. The van der Waals surface area contributed by atoms with Crippen LogP contribution in [-0.2, 0) is 0 Å². The SMILES string of the molecule is CCCC(CO)C1CCCCN1. The van der Waals surface area contributed by atoms with E-state index >= 15 is 0 Å². The number of piperidine rings is 1. The molecule has 2 atom stereocenters. The van der Waals surface area contributed by atoms with Crippen molar-refractivity contribution in [2.24, 2.45) is 5.92 Å². The molecule has 72 valence electrons. The number of rotatable bonds is 4. The zero-order chi connectivity index (χ0) is 8.81. The van der Waals surface area contributed by atoms with Crippen LogP contribution in [0.4, 0.5) is 0 Å². The molecule has 0 spiro atoms. The molecule has 1 aliphatic rings. The molecule has 1 heterocycles. The van der Waals surface area contributed by atoms with E-state index in [4.69, 9.17) is 5.11 Å². The quantitative estimate of drug-likeness (QED) is 0.672. The van der Waals surface area contributed by atoms with E-state index in [1.165, 1.54) is 25.7 Å². The third-order valence-corrected chi connectivity index (χ3v) is 2.81. The third kappa shape index (κ3) is 2.76. The molecule has 0 aromatic heterocycles. The van der Waals surface area contributed by atoms with Crippen molar-refractivity contribution in [3.8, 4) is 0 Å². The van der Waals surface area contributed by atoms with Gasteiger partial charge in [0.15, 0.2) is 0 Å². The predicted molar refractivity (Wildman–Crippen MR) is 51.1 cm³/mol. The van der Waals surface area contributed by atoms with Gasteiger partial charge in [-0.25, -0.2) is 0 Å². The summed E-state index contributed by atoms with van der Waals surface area (Å²) < 4.78 is 0. The predicted octanol–water partition coefficient (Wildman–Crippen LogP) is 1.54. The highest BCUT2D eigenvalue weighted by Crippen LogP contribution is 2.18. The van der Waals surface area contributed by atoms with E-state index in [0.29, 0.717) is 18.6 Å². The molecule has 1 aliphatic heterocycles. The number of hydrogen-bond acceptors (Lipinski definition) is 2. The molecule has 0 amide bonds. The first-order valence-corrected chi connectivity index (χ1v) is 5.22. The summed E-state index contributed by atoms with van der Waals surface area (Å²) in [6.45, 7) is 3.68. The monoisotopic (exact) mass is 171 g/mol. The smallest absolute Gasteiger partial charge is 0.0474 e. The van der Waals surface area contributed by atoms with Gasteiger partial charge < -0.3 is 10.4 Å². The van der Waals surface area contributed by atoms with E-state index < -0.39 is 0 Å². The molecule has 1 fully saturated rings. The summed E-state index contributed by atoms with van der Waals surface area (Å²) >= 11 is 0. The van der Waals surface area contributed by atoms with Crippen molar-refractivity contribution in [1.29, 1.82) is 0 Å². The number of nitrogens with one attached hydrogen (secondary N) is 1. The van der Waals surface area contributed by atoms with Crippen molar-refractivity contribution < 1.29 is 5.11 Å². The van der Waals surface area contributed by atoms with Gasteiger partial charge >= 0.3 is 0 Å². The summed E-state index contributed by atoms with van der Waals surface area (Å²) in [5, 5.41) is 12.7. The fraction of sp³-hybridized carbons (Fsp3) is 1.00. The molecule has 2 nitrogen and oxygen atoms in total. The molecular formula is C10H21NO. The van der Waals surface area contributed by atoms with Gasteiger partial charge in [-0.15, -0.1) is 0 Å². The molecule has 1 saturated heterocycles. The Balaban J connectivity index is 2.29. The summed E-state index contributed by atoms with van der Waals surface area (Å²) in [6.07, 6.45) is 6.24. The fourth-order valence-electron chi connectivity index (χ4n) is 2.07. The van der Waals surface area contributed by atoms with E-state index in [1.54, 1.807) is 0 Å². The summed E-state index contributed by atoms with van der Waals surface area (Å²) in [4.78, 5) is 0. The first kappa shape index (κ1) is 10.0. The molecule has 2 unspecified atom stereocenters. The second kappa shape index (κ2) is 5.55. The zero-order valence-electron chi connectivity index (χ0n) is 8.05. The Labute approximate surface area is 75.4 Å². The lowest BCUT2D eigenvalue weighted by Crippen LogP contribution is -2.41. The molecule has 2 N–H and O–H groups in total. The number of aliphatic hydroxyl groups excluding tert-OH is 1. The highest BCUT2D eigenvalue weighted by Gasteiger charge is 2.21. The molecule has 0 radical (unpaired) electrons. The van der Waals surface area contributed by atoms with Gasteiger partial charge in [0.1, 0.15) is 0 Å². The largest absolute Gasteiger partial charge is 0.396 e. The van der Waals surface area contributed by atoms with Crippen LogP contribution in [0.15, 0.2) is 0 Å². The molecule has 12 heavy (non-hydrogen) atoms. The molecule has 0 saturated carbocycles. The zero-order valence-corrected chi connectivity index (χ0v) is 8.05. The van der Waals surface area contributed by atoms with Gasteiger partial charge in [-0.2, -0.15) is 0 Å². The minimum absolute atomic E-state index is 0.353. The Hall–Kier alpha value is -0.0800. The Bertz CT molecular complexity index is 108. The second-order valence-corrected chi connectivity index (χ2v) is 3.79. The Morgan fingerprint density at radius 1 is 1.50 bits per heavy atom. The van der Waals surface area contributed by atoms with Crippen molar-refractivity contribution in [2.75, 3.05) is 13.2 Å². The lowest BCUT2D eigenvalue weighted by Gasteiger charge is -2.30. The molecule has 0 bridgehead atoms. The summed E-state index contributed by atoms with van der Waals surface area (Å²) in [5.74, 6) is 0.496. The van der Waals surface area contributed by atoms with Crippen molar-refractivity contribution in [3.05, 3.63) is 0 Å². The third-order valence-electron chi connectivity index (χ3n) is 2.81. The molecule has 0 aromatic carbocycles. The molecule has 1 rings (SSSR count). The van der Waals surface area contributed by atoms with Gasteiger partial charge in [-0.3, -0.25) is 0 Å². The van der Waals surface area contributed by atoms with E-state index in [2.05, 4.69) is 12.2 Å². The van der Waals surface area contributed by atoms with Crippen LogP contribution in [0.3, 0.4) is 0 Å². The van der Waals surface area contributed by atoms with Crippen LogP contribution in [0.5, 0.6) is 0 Å². The van der Waals surface area contributed by atoms with Crippen molar-refractivity contribution in [1.82, 2.24) is 5.32 Å². The van der Waals surface area contributed by atoms with Crippen molar-refractivity contribution in [2.45, 2.75) is 45.1 Å². The van der Waals surface area contributed by atoms with E-state index in [1.807, 2.05) is 0 Å². The first-order chi connectivity index (χ1) is 5.88. The van der Waals surface area contributed by atoms with Crippen LogP contribution in [0, 0.1) is 5.92 Å². The second-order valence-electron chi connectivity index (χ2n) is 3.79. The van der Waals surface area contributed by atoms with Crippen LogP contribution >= 0.6 is 0 Å². The minimum Gasteiger partial charge on any atom is -0.396 e. The van der Waals surface area contributed by atoms with Crippen LogP contribution < -0.4 is 5.32 Å². The van der Waals surface area contributed by atoms with Gasteiger partial charge in [0, 0.05) is 12.6 Å². The molecular weight excluding hydrogens is 150 g/mol. The van der Waals surface area contributed by atoms with Crippen LogP contribution in [0.2, 0.25) is 0 Å². The van der Waals surface area contributed by atoms with Gasteiger partial charge in [0.05, 0.1) is 0 Å². The lowest BCUT2D eigenvalue weighted by atomic mass is 9.89. The van der Waals surface area contributed by atoms with Gasteiger partial charge in [-0.05, 0) is 31.7 Å². The fourth-order valence-corrected chi connectivity index (χ4v) is 2.07. The van der Waals surface area contributed by atoms with Crippen molar-refractivity contribution >= 4 is 0 Å². The Morgan fingerprint density at radius 2 is 2.33 bits per heavy atom. The van der Waals surface area contributed by atoms with Crippen LogP contribution in [0.25, 0.3) is 0 Å². The molecule has 2 heteroatoms. The minimum atomic E-state index is 0.353. The normalized spacial score (nSPS) is 27.0. The maximum absolute atomic E-state index is 9.17. The van der Waals surface area contributed by atoms with Crippen LogP contribution in [-0.4, -0.2) is 24.3 Å². The van der Waals surface area contributed by atoms with Gasteiger partial charge in [0.25, 0.3) is 0 Å². The number of aliphatic hydroxyl groups is 1. The topological polar surface area (TPSA) is 32.3 Å². The lowest BCUT2D eigenvalue weighted by molar-refractivity contribution is 0.165. The van der Waals surface area contributed by atoms with Crippen LogP contribution in [0.1, 0.15) is 39.0 Å². The maximum atomic E-state index is 9.17. The maximum Gasteiger partial charge on any atom is 0.0474 e. The Morgan fingerprint density at radius 3 is 2.83 bits per heavy atom. The Kier molecular flexibility index (Phi) is 4.62. The van der Waals surface area contributed by atoms with Gasteiger partial charge in [0.2, 0.25) is 0 Å². The first-order valence-electron chi connectivity index (χ1n) is 5.22. The van der Waals surface area contributed by atoms with Crippen molar-refractivity contribution in [3.63, 3.8) is 0 Å². The number of hydrogen-bond donors (Lipinski definition) is 2. The average molecular weight is 171 g/mol. The van der Waals surface area contributed by atoms with E-state index in [0.717, 1.165) is 13.0 Å². The average Bonchev–Trinajstić information content (AvgIpc) is 2.15. The summed E-state index contributed by atoms with van der Waals surface area (Å²) in [6, 6.07) is 0.587. The highest BCUT2D eigenvalue weighted by molar-refractivity contribution is 4.79. The highest BCUT2D eigenvalue weighted by atomic mass is 16.3. The summed E-state index contributed by atoms with van der Waals surface area (Å²) in [5.41, 5.74) is 0. The van der Waals surface area contributed by atoms with E-state index in [9.17, 15) is 0 Å². The molecule has 0 aromatic rings.